The summed E-state index contributed by atoms with van der Waals surface area (Å²) in [4.78, 5) is 22.8. The maximum Gasteiger partial charge on any atom is 0.315 e. The molecule has 2 aliphatic rings. The second-order valence-electron chi connectivity index (χ2n) is 5.43. The highest BCUT2D eigenvalue weighted by atomic mass is 16.5. The smallest absolute Gasteiger partial charge is 0.315 e. The zero-order valence-corrected chi connectivity index (χ0v) is 11.1. The van der Waals surface area contributed by atoms with E-state index in [1.165, 1.54) is 0 Å². The number of ether oxygens (including phenoxy) is 1. The van der Waals surface area contributed by atoms with Crippen molar-refractivity contribution in [2.45, 2.75) is 50.6 Å². The largest absolute Gasteiger partial charge is 0.481 e. The number of urea groups is 1. The molecule has 0 spiro atoms. The fourth-order valence-corrected chi connectivity index (χ4v) is 2.81. The Morgan fingerprint density at radius 1 is 1.05 bits per heavy atom. The van der Waals surface area contributed by atoms with Gasteiger partial charge in [-0.2, -0.15) is 0 Å². The molecule has 1 heterocycles. The van der Waals surface area contributed by atoms with Gasteiger partial charge in [0.2, 0.25) is 0 Å². The summed E-state index contributed by atoms with van der Waals surface area (Å²) in [6.45, 7) is 1.33. The standard InChI is InChI=1S/C13H22N2O4/c16-12(17)9-3-1-4-10(7-9)14-13(18)15-11-5-2-6-19-8-11/h9-11H,1-8H2,(H,16,17)(H2,14,15,18). The van der Waals surface area contributed by atoms with Gasteiger partial charge in [-0.25, -0.2) is 4.79 Å². The second kappa shape index (κ2) is 6.75. The monoisotopic (exact) mass is 270 g/mol. The van der Waals surface area contributed by atoms with Crippen molar-refractivity contribution in [3.05, 3.63) is 0 Å². The SMILES string of the molecule is O=C(NC1CCCOC1)NC1CCCC(C(=O)O)C1. The van der Waals surface area contributed by atoms with E-state index in [2.05, 4.69) is 10.6 Å². The average Bonchev–Trinajstić information content (AvgIpc) is 2.40. The predicted molar refractivity (Wildman–Crippen MR) is 68.9 cm³/mol. The van der Waals surface area contributed by atoms with Gasteiger partial charge in [0.15, 0.2) is 0 Å². The number of rotatable bonds is 3. The molecule has 2 rings (SSSR count). The molecular formula is C13H22N2O4. The van der Waals surface area contributed by atoms with Gasteiger partial charge in [-0.3, -0.25) is 4.79 Å². The maximum absolute atomic E-state index is 11.8. The molecule has 1 saturated heterocycles. The van der Waals surface area contributed by atoms with Crippen LogP contribution in [0.4, 0.5) is 4.79 Å². The van der Waals surface area contributed by atoms with Crippen molar-refractivity contribution in [2.75, 3.05) is 13.2 Å². The van der Waals surface area contributed by atoms with Gasteiger partial charge in [-0.05, 0) is 32.1 Å². The Hall–Kier alpha value is -1.30. The Morgan fingerprint density at radius 2 is 1.79 bits per heavy atom. The van der Waals surface area contributed by atoms with Crippen LogP contribution in [-0.2, 0) is 9.53 Å². The number of amides is 2. The molecule has 108 valence electrons. The number of hydrogen-bond donors (Lipinski definition) is 3. The highest BCUT2D eigenvalue weighted by Gasteiger charge is 2.28. The minimum Gasteiger partial charge on any atom is -0.481 e. The van der Waals surface area contributed by atoms with E-state index in [4.69, 9.17) is 9.84 Å². The summed E-state index contributed by atoms with van der Waals surface area (Å²) in [5.41, 5.74) is 0. The third-order valence-electron chi connectivity index (χ3n) is 3.85. The van der Waals surface area contributed by atoms with E-state index in [0.29, 0.717) is 19.4 Å². The topological polar surface area (TPSA) is 87.7 Å². The van der Waals surface area contributed by atoms with Crippen molar-refractivity contribution in [1.82, 2.24) is 10.6 Å². The number of carboxylic acids is 1. The van der Waals surface area contributed by atoms with Crippen LogP contribution in [0.2, 0.25) is 0 Å². The Kier molecular flexibility index (Phi) is 5.01. The molecule has 0 bridgehead atoms. The quantitative estimate of drug-likeness (QED) is 0.717. The van der Waals surface area contributed by atoms with Crippen molar-refractivity contribution < 1.29 is 19.4 Å². The first kappa shape index (κ1) is 14.1. The Labute approximate surface area is 112 Å². The van der Waals surface area contributed by atoms with Crippen molar-refractivity contribution >= 4 is 12.0 Å². The van der Waals surface area contributed by atoms with E-state index in [1.54, 1.807) is 0 Å². The normalized spacial score (nSPS) is 31.5. The van der Waals surface area contributed by atoms with Gasteiger partial charge in [0, 0.05) is 12.6 Å². The van der Waals surface area contributed by atoms with Gasteiger partial charge in [0.1, 0.15) is 0 Å². The lowest BCUT2D eigenvalue weighted by Gasteiger charge is -2.29. The van der Waals surface area contributed by atoms with Crippen molar-refractivity contribution in [3.8, 4) is 0 Å². The molecule has 2 fully saturated rings. The van der Waals surface area contributed by atoms with Crippen LogP contribution in [0, 0.1) is 5.92 Å². The van der Waals surface area contributed by atoms with Gasteiger partial charge in [0.25, 0.3) is 0 Å². The molecule has 0 aromatic carbocycles. The van der Waals surface area contributed by atoms with E-state index >= 15 is 0 Å². The number of carboxylic acid groups (broad SMARTS) is 1. The number of hydrogen-bond acceptors (Lipinski definition) is 3. The molecule has 3 N–H and O–H groups in total. The summed E-state index contributed by atoms with van der Waals surface area (Å²) in [7, 11) is 0. The highest BCUT2D eigenvalue weighted by Crippen LogP contribution is 2.24. The summed E-state index contributed by atoms with van der Waals surface area (Å²) in [6.07, 6.45) is 4.87. The summed E-state index contributed by atoms with van der Waals surface area (Å²) < 4.78 is 5.30. The third kappa shape index (κ3) is 4.38. The van der Waals surface area contributed by atoms with Crippen molar-refractivity contribution in [2.24, 2.45) is 5.92 Å². The molecule has 6 nitrogen and oxygen atoms in total. The lowest BCUT2D eigenvalue weighted by molar-refractivity contribution is -0.143. The molecule has 6 heteroatoms. The summed E-state index contributed by atoms with van der Waals surface area (Å²) >= 11 is 0. The maximum atomic E-state index is 11.8. The van der Waals surface area contributed by atoms with Crippen LogP contribution in [0.1, 0.15) is 38.5 Å². The lowest BCUT2D eigenvalue weighted by atomic mass is 9.86. The van der Waals surface area contributed by atoms with Gasteiger partial charge in [-0.15, -0.1) is 0 Å². The molecular weight excluding hydrogens is 248 g/mol. The minimum absolute atomic E-state index is 0.0284. The second-order valence-corrected chi connectivity index (χ2v) is 5.43. The molecule has 3 atom stereocenters. The van der Waals surface area contributed by atoms with Crippen LogP contribution in [0.15, 0.2) is 0 Å². The third-order valence-corrected chi connectivity index (χ3v) is 3.85. The van der Waals surface area contributed by atoms with Crippen molar-refractivity contribution in [3.63, 3.8) is 0 Å². The van der Waals surface area contributed by atoms with E-state index in [-0.39, 0.29) is 24.0 Å². The number of aliphatic carboxylic acids is 1. The van der Waals surface area contributed by atoms with Gasteiger partial charge < -0.3 is 20.5 Å². The first-order valence-corrected chi connectivity index (χ1v) is 7.02. The zero-order chi connectivity index (χ0) is 13.7. The molecule has 1 saturated carbocycles. The summed E-state index contributed by atoms with van der Waals surface area (Å²) in [5, 5.41) is 14.8. The molecule has 0 radical (unpaired) electrons. The van der Waals surface area contributed by atoms with E-state index in [9.17, 15) is 9.59 Å². The first-order valence-electron chi connectivity index (χ1n) is 7.02. The lowest BCUT2D eigenvalue weighted by Crippen LogP contribution is -2.50. The highest BCUT2D eigenvalue weighted by molar-refractivity contribution is 5.75. The predicted octanol–water partition coefficient (Wildman–Crippen LogP) is 1.11. The molecule has 1 aliphatic heterocycles. The first-order chi connectivity index (χ1) is 9.15. The Balaban J connectivity index is 1.73. The molecule has 3 unspecified atom stereocenters. The van der Waals surface area contributed by atoms with Gasteiger partial charge >= 0.3 is 12.0 Å². The molecule has 19 heavy (non-hydrogen) atoms. The van der Waals surface area contributed by atoms with Gasteiger partial charge in [0.05, 0.1) is 18.6 Å². The Bertz CT molecular complexity index is 329. The molecule has 1 aliphatic carbocycles. The van der Waals surface area contributed by atoms with Gasteiger partial charge in [-0.1, -0.05) is 6.42 Å². The van der Waals surface area contributed by atoms with Crippen LogP contribution < -0.4 is 10.6 Å². The molecule has 0 aromatic heterocycles. The minimum atomic E-state index is -0.757. The number of carbonyl (C=O) groups is 2. The average molecular weight is 270 g/mol. The number of nitrogens with one attached hydrogen (secondary N) is 2. The number of carbonyl (C=O) groups excluding carboxylic acids is 1. The van der Waals surface area contributed by atoms with Crippen LogP contribution >= 0.6 is 0 Å². The van der Waals surface area contributed by atoms with E-state index < -0.39 is 5.97 Å². The summed E-state index contributed by atoms with van der Waals surface area (Å²) in [5.74, 6) is -1.08. The van der Waals surface area contributed by atoms with Crippen LogP contribution in [-0.4, -0.2) is 42.4 Å². The fraction of sp³-hybridized carbons (Fsp3) is 0.846. The Morgan fingerprint density at radius 3 is 2.47 bits per heavy atom. The van der Waals surface area contributed by atoms with Crippen LogP contribution in [0.5, 0.6) is 0 Å². The summed E-state index contributed by atoms with van der Waals surface area (Å²) in [6, 6.07) is -0.154. The fourth-order valence-electron chi connectivity index (χ4n) is 2.81. The molecule has 0 aromatic rings. The van der Waals surface area contributed by atoms with E-state index in [1.807, 2.05) is 0 Å². The molecule has 2 amide bonds. The van der Waals surface area contributed by atoms with E-state index in [0.717, 1.165) is 32.3 Å². The van der Waals surface area contributed by atoms with Crippen molar-refractivity contribution in [1.29, 1.82) is 0 Å². The van der Waals surface area contributed by atoms with Crippen LogP contribution in [0.3, 0.4) is 0 Å². The van der Waals surface area contributed by atoms with Crippen LogP contribution in [0.25, 0.3) is 0 Å². The zero-order valence-electron chi connectivity index (χ0n) is 11.1.